The first-order valence-electron chi connectivity index (χ1n) is 6.34. The van der Waals surface area contributed by atoms with Gasteiger partial charge in [-0.1, -0.05) is 17.7 Å². The van der Waals surface area contributed by atoms with Gasteiger partial charge in [0, 0.05) is 30.6 Å². The molecule has 0 amide bonds. The maximum atomic E-state index is 6.25. The molecule has 3 heteroatoms. The lowest BCUT2D eigenvalue weighted by Crippen LogP contribution is -2.35. The minimum absolute atomic E-state index is 0.101. The summed E-state index contributed by atoms with van der Waals surface area (Å²) in [6.07, 6.45) is 2.23. The maximum Gasteiger partial charge on any atom is 0.124 e. The molecule has 3 nitrogen and oxygen atoms in total. The van der Waals surface area contributed by atoms with Crippen LogP contribution >= 0.6 is 0 Å². The first-order valence-corrected chi connectivity index (χ1v) is 6.34. The number of fused-ring (bicyclic) bond motifs is 1. The summed E-state index contributed by atoms with van der Waals surface area (Å²) in [4.78, 5) is 0. The van der Waals surface area contributed by atoms with E-state index in [4.69, 9.17) is 15.2 Å². The monoisotopic (exact) mass is 233 g/mol. The standard InChI is InChI=1S/C14H19NO2/c1-9-2-3-13-11(6-9)12(15)7-14(17-13)10-4-5-16-8-10/h2-3,6,10,12,14H,4-5,7-8,15H2,1H3/t10?,12-,14?/m1/s1. The largest absolute Gasteiger partial charge is 0.490 e. The van der Waals surface area contributed by atoms with E-state index >= 15 is 0 Å². The van der Waals surface area contributed by atoms with E-state index in [1.807, 2.05) is 6.07 Å². The Morgan fingerprint density at radius 3 is 3.00 bits per heavy atom. The van der Waals surface area contributed by atoms with Crippen LogP contribution in [0.3, 0.4) is 0 Å². The maximum absolute atomic E-state index is 6.25. The molecule has 2 unspecified atom stereocenters. The molecule has 2 heterocycles. The highest BCUT2D eigenvalue weighted by Gasteiger charge is 2.33. The van der Waals surface area contributed by atoms with Crippen molar-refractivity contribution in [3.05, 3.63) is 29.3 Å². The summed E-state index contributed by atoms with van der Waals surface area (Å²) in [7, 11) is 0. The quantitative estimate of drug-likeness (QED) is 0.808. The molecule has 17 heavy (non-hydrogen) atoms. The average Bonchev–Trinajstić information content (AvgIpc) is 2.83. The molecule has 92 valence electrons. The summed E-state index contributed by atoms with van der Waals surface area (Å²) in [6.45, 7) is 3.77. The Morgan fingerprint density at radius 2 is 2.24 bits per heavy atom. The summed E-state index contributed by atoms with van der Waals surface area (Å²) in [5.41, 5.74) is 8.65. The fourth-order valence-electron chi connectivity index (χ4n) is 2.79. The zero-order valence-corrected chi connectivity index (χ0v) is 10.2. The smallest absolute Gasteiger partial charge is 0.124 e. The molecular formula is C14H19NO2. The third-order valence-corrected chi connectivity index (χ3v) is 3.82. The van der Waals surface area contributed by atoms with Crippen LogP contribution in [0.4, 0.5) is 0 Å². The molecule has 2 aliphatic rings. The molecular weight excluding hydrogens is 214 g/mol. The van der Waals surface area contributed by atoms with Gasteiger partial charge < -0.3 is 15.2 Å². The third kappa shape index (κ3) is 2.05. The van der Waals surface area contributed by atoms with E-state index in [0.717, 1.165) is 37.4 Å². The average molecular weight is 233 g/mol. The highest BCUT2D eigenvalue weighted by molar-refractivity contribution is 5.40. The van der Waals surface area contributed by atoms with E-state index in [1.165, 1.54) is 5.56 Å². The van der Waals surface area contributed by atoms with Crippen LogP contribution in [0.25, 0.3) is 0 Å². The molecule has 1 saturated heterocycles. The fourth-order valence-corrected chi connectivity index (χ4v) is 2.79. The minimum atomic E-state index is 0.101. The van der Waals surface area contributed by atoms with Crippen molar-refractivity contribution < 1.29 is 9.47 Å². The Balaban J connectivity index is 1.84. The van der Waals surface area contributed by atoms with E-state index in [1.54, 1.807) is 0 Å². The van der Waals surface area contributed by atoms with Crippen molar-refractivity contribution in [2.24, 2.45) is 11.7 Å². The van der Waals surface area contributed by atoms with Crippen molar-refractivity contribution in [3.8, 4) is 5.75 Å². The van der Waals surface area contributed by atoms with Gasteiger partial charge in [-0.3, -0.25) is 0 Å². The Bertz CT molecular complexity index is 413. The van der Waals surface area contributed by atoms with E-state index in [2.05, 4.69) is 19.1 Å². The second kappa shape index (κ2) is 4.31. The van der Waals surface area contributed by atoms with Crippen LogP contribution in [-0.2, 0) is 4.74 Å². The summed E-state index contributed by atoms with van der Waals surface area (Å²) < 4.78 is 11.5. The van der Waals surface area contributed by atoms with Gasteiger partial charge in [-0.2, -0.15) is 0 Å². The molecule has 0 radical (unpaired) electrons. The molecule has 0 aliphatic carbocycles. The van der Waals surface area contributed by atoms with Crippen molar-refractivity contribution in [2.75, 3.05) is 13.2 Å². The van der Waals surface area contributed by atoms with E-state index in [-0.39, 0.29) is 12.1 Å². The first-order chi connectivity index (χ1) is 8.24. The van der Waals surface area contributed by atoms with Gasteiger partial charge in [-0.25, -0.2) is 0 Å². The van der Waals surface area contributed by atoms with Crippen LogP contribution in [0, 0.1) is 12.8 Å². The Labute approximate surface area is 102 Å². The molecule has 1 aromatic rings. The lowest BCUT2D eigenvalue weighted by Gasteiger charge is -2.33. The topological polar surface area (TPSA) is 44.5 Å². The number of hydrogen-bond acceptors (Lipinski definition) is 3. The number of nitrogens with two attached hydrogens (primary N) is 1. The van der Waals surface area contributed by atoms with Gasteiger partial charge in [0.25, 0.3) is 0 Å². The van der Waals surface area contributed by atoms with Crippen molar-refractivity contribution in [1.29, 1.82) is 0 Å². The second-order valence-corrected chi connectivity index (χ2v) is 5.16. The highest BCUT2D eigenvalue weighted by atomic mass is 16.5. The second-order valence-electron chi connectivity index (χ2n) is 5.16. The molecule has 2 aliphatic heterocycles. The predicted octanol–water partition coefficient (Wildman–Crippen LogP) is 2.18. The van der Waals surface area contributed by atoms with Gasteiger partial charge in [0.15, 0.2) is 0 Å². The normalized spacial score (nSPS) is 32.0. The van der Waals surface area contributed by atoms with Gasteiger partial charge in [-0.05, 0) is 19.4 Å². The minimum Gasteiger partial charge on any atom is -0.490 e. The molecule has 0 bridgehead atoms. The summed E-state index contributed by atoms with van der Waals surface area (Å²) in [6, 6.07) is 6.37. The van der Waals surface area contributed by atoms with E-state index in [9.17, 15) is 0 Å². The molecule has 0 spiro atoms. The van der Waals surface area contributed by atoms with Crippen LogP contribution in [0.2, 0.25) is 0 Å². The molecule has 3 rings (SSSR count). The van der Waals surface area contributed by atoms with Crippen LogP contribution in [0.5, 0.6) is 5.75 Å². The van der Waals surface area contributed by atoms with Crippen LogP contribution < -0.4 is 10.5 Å². The lowest BCUT2D eigenvalue weighted by molar-refractivity contribution is 0.0854. The van der Waals surface area contributed by atoms with Crippen LogP contribution in [0.15, 0.2) is 18.2 Å². The van der Waals surface area contributed by atoms with Crippen molar-refractivity contribution in [3.63, 3.8) is 0 Å². The zero-order valence-electron chi connectivity index (χ0n) is 10.2. The van der Waals surface area contributed by atoms with E-state index < -0.39 is 0 Å². The Kier molecular flexibility index (Phi) is 2.81. The van der Waals surface area contributed by atoms with Crippen LogP contribution in [-0.4, -0.2) is 19.3 Å². The van der Waals surface area contributed by atoms with Crippen molar-refractivity contribution >= 4 is 0 Å². The number of benzene rings is 1. The number of ether oxygens (including phenoxy) is 2. The first kappa shape index (κ1) is 11.1. The molecule has 3 atom stereocenters. The summed E-state index contributed by atoms with van der Waals surface area (Å²) in [5, 5.41) is 0. The van der Waals surface area contributed by atoms with Gasteiger partial charge in [0.05, 0.1) is 6.61 Å². The number of rotatable bonds is 1. The third-order valence-electron chi connectivity index (χ3n) is 3.82. The molecule has 1 aromatic carbocycles. The highest BCUT2D eigenvalue weighted by Crippen LogP contribution is 2.37. The lowest BCUT2D eigenvalue weighted by atomic mass is 9.89. The van der Waals surface area contributed by atoms with Crippen molar-refractivity contribution in [2.45, 2.75) is 31.9 Å². The Morgan fingerprint density at radius 1 is 1.35 bits per heavy atom. The Hall–Kier alpha value is -1.06. The van der Waals surface area contributed by atoms with Gasteiger partial charge in [-0.15, -0.1) is 0 Å². The van der Waals surface area contributed by atoms with Gasteiger partial charge >= 0.3 is 0 Å². The van der Waals surface area contributed by atoms with Gasteiger partial charge in [0.1, 0.15) is 11.9 Å². The van der Waals surface area contributed by atoms with E-state index in [0.29, 0.717) is 5.92 Å². The number of aryl methyl sites for hydroxylation is 1. The molecule has 0 aromatic heterocycles. The summed E-state index contributed by atoms with van der Waals surface area (Å²) >= 11 is 0. The summed E-state index contributed by atoms with van der Waals surface area (Å²) in [5.74, 6) is 1.47. The van der Waals surface area contributed by atoms with Crippen molar-refractivity contribution in [1.82, 2.24) is 0 Å². The SMILES string of the molecule is Cc1ccc2c(c1)[C@H](N)CC(C1CCOC1)O2. The number of hydrogen-bond donors (Lipinski definition) is 1. The zero-order chi connectivity index (χ0) is 11.8. The molecule has 2 N–H and O–H groups in total. The molecule has 1 fully saturated rings. The predicted molar refractivity (Wildman–Crippen MR) is 66.1 cm³/mol. The van der Waals surface area contributed by atoms with Gasteiger partial charge in [0.2, 0.25) is 0 Å². The fraction of sp³-hybridized carbons (Fsp3) is 0.571. The van der Waals surface area contributed by atoms with Crippen LogP contribution in [0.1, 0.15) is 30.0 Å². The molecule has 0 saturated carbocycles.